The average Bonchev–Trinajstić information content (AvgIpc) is 2.31. The number of hydrogen-bond donors (Lipinski definition) is 3. The Morgan fingerprint density at radius 1 is 1.27 bits per heavy atom. The fourth-order valence-electron chi connectivity index (χ4n) is 1.05. The Hall–Kier alpha value is -1.10. The van der Waals surface area contributed by atoms with E-state index in [0.717, 1.165) is 0 Å². The van der Waals surface area contributed by atoms with Crippen molar-refractivity contribution in [2.24, 2.45) is 5.92 Å². The van der Waals surface area contributed by atoms with Gasteiger partial charge in [-0.3, -0.25) is 0 Å². The number of aliphatic hydroxyl groups excluding tert-OH is 3. The van der Waals surface area contributed by atoms with Gasteiger partial charge in [-0.1, -0.05) is 6.07 Å². The predicted octanol–water partition coefficient (Wildman–Crippen LogP) is -0.0413. The fraction of sp³-hybridized carbons (Fsp3) is 0.455. The molecule has 0 saturated heterocycles. The van der Waals surface area contributed by atoms with Crippen LogP contribution in [-0.4, -0.2) is 35.1 Å². The second kappa shape index (κ2) is 6.40. The van der Waals surface area contributed by atoms with E-state index in [4.69, 9.17) is 20.1 Å². The molecule has 0 bridgehead atoms. The van der Waals surface area contributed by atoms with Crippen molar-refractivity contribution in [3.8, 4) is 5.75 Å². The average molecular weight is 211 g/mol. The zero-order chi connectivity index (χ0) is 11.1. The van der Waals surface area contributed by atoms with Gasteiger partial charge in [0.05, 0.1) is 26.4 Å². The molecule has 1 aromatic rings. The zero-order valence-corrected chi connectivity index (χ0v) is 8.39. The van der Waals surface area contributed by atoms with Crippen molar-refractivity contribution in [2.75, 3.05) is 19.8 Å². The van der Waals surface area contributed by atoms with Crippen LogP contribution in [-0.2, 0) is 6.61 Å². The lowest BCUT2D eigenvalue weighted by molar-refractivity contribution is 0.106. The van der Waals surface area contributed by atoms with E-state index in [2.05, 4.69) is 6.07 Å². The van der Waals surface area contributed by atoms with Crippen molar-refractivity contribution in [1.82, 2.24) is 0 Å². The van der Waals surface area contributed by atoms with Crippen LogP contribution in [0.1, 0.15) is 5.56 Å². The zero-order valence-electron chi connectivity index (χ0n) is 8.39. The summed E-state index contributed by atoms with van der Waals surface area (Å²) in [5.41, 5.74) is 0.650. The van der Waals surface area contributed by atoms with Crippen LogP contribution in [0.25, 0.3) is 0 Å². The first kappa shape index (κ1) is 12.0. The van der Waals surface area contributed by atoms with Gasteiger partial charge in [-0.15, -0.1) is 0 Å². The van der Waals surface area contributed by atoms with E-state index in [1.807, 2.05) is 0 Å². The van der Waals surface area contributed by atoms with E-state index in [9.17, 15) is 0 Å². The van der Waals surface area contributed by atoms with Crippen molar-refractivity contribution < 1.29 is 20.1 Å². The first-order chi connectivity index (χ1) is 7.30. The van der Waals surface area contributed by atoms with Crippen molar-refractivity contribution in [3.63, 3.8) is 0 Å². The quantitative estimate of drug-likeness (QED) is 0.617. The Bertz CT molecular complexity index is 284. The Morgan fingerprint density at radius 2 is 2.00 bits per heavy atom. The molecule has 15 heavy (non-hydrogen) atoms. The molecule has 0 aromatic heterocycles. The third-order valence-corrected chi connectivity index (χ3v) is 2.01. The van der Waals surface area contributed by atoms with Gasteiger partial charge < -0.3 is 20.1 Å². The molecule has 0 aliphatic rings. The van der Waals surface area contributed by atoms with E-state index in [1.54, 1.807) is 18.2 Å². The first-order valence-corrected chi connectivity index (χ1v) is 4.76. The Kier molecular flexibility index (Phi) is 5.10. The van der Waals surface area contributed by atoms with Crippen LogP contribution in [0.4, 0.5) is 0 Å². The molecule has 83 valence electrons. The molecule has 0 heterocycles. The molecule has 3 N–H and O–H groups in total. The number of hydrogen-bond acceptors (Lipinski definition) is 4. The molecule has 4 heteroatoms. The summed E-state index contributed by atoms with van der Waals surface area (Å²) in [6, 6.07) is 7.89. The molecule has 0 unspecified atom stereocenters. The second-order valence-electron chi connectivity index (χ2n) is 3.25. The van der Waals surface area contributed by atoms with Gasteiger partial charge >= 0.3 is 0 Å². The van der Waals surface area contributed by atoms with Crippen LogP contribution in [0.15, 0.2) is 18.2 Å². The third kappa shape index (κ3) is 3.87. The van der Waals surface area contributed by atoms with E-state index in [1.165, 1.54) is 0 Å². The number of rotatable bonds is 6. The highest BCUT2D eigenvalue weighted by Crippen LogP contribution is 2.13. The van der Waals surface area contributed by atoms with Gasteiger partial charge in [0, 0.05) is 5.92 Å². The maximum Gasteiger partial charge on any atom is 0.119 e. The van der Waals surface area contributed by atoms with Crippen LogP contribution >= 0.6 is 0 Å². The van der Waals surface area contributed by atoms with Gasteiger partial charge in [-0.05, 0) is 23.8 Å². The molecule has 0 fully saturated rings. The van der Waals surface area contributed by atoms with Crippen molar-refractivity contribution in [1.29, 1.82) is 0 Å². The summed E-state index contributed by atoms with van der Waals surface area (Å²) >= 11 is 0. The molecule has 0 saturated carbocycles. The highest BCUT2D eigenvalue weighted by Gasteiger charge is 2.06. The summed E-state index contributed by atoms with van der Waals surface area (Å²) in [5.74, 6) is 0.330. The standard InChI is InChI=1S/C11H15O4/c12-5-9-2-1-3-11(4-9)15-8-10(6-13)7-14/h1,3-4,10,12-14H,5-8H2. The van der Waals surface area contributed by atoms with Crippen LogP contribution in [0, 0.1) is 12.0 Å². The summed E-state index contributed by atoms with van der Waals surface area (Å²) in [6.07, 6.45) is 0. The van der Waals surface area contributed by atoms with Crippen LogP contribution in [0.3, 0.4) is 0 Å². The van der Waals surface area contributed by atoms with Gasteiger partial charge in [0.1, 0.15) is 5.75 Å². The lowest BCUT2D eigenvalue weighted by Crippen LogP contribution is -2.19. The molecule has 1 rings (SSSR count). The Labute approximate surface area is 88.8 Å². The number of aliphatic hydroxyl groups is 3. The fourth-order valence-corrected chi connectivity index (χ4v) is 1.05. The molecule has 4 nitrogen and oxygen atoms in total. The SMILES string of the molecule is OCc1[c]ccc(OCC(CO)CO)c1. The Morgan fingerprint density at radius 3 is 2.60 bits per heavy atom. The lowest BCUT2D eigenvalue weighted by Gasteiger charge is -2.12. The van der Waals surface area contributed by atoms with E-state index < -0.39 is 0 Å². The van der Waals surface area contributed by atoms with Gasteiger partial charge in [-0.2, -0.15) is 0 Å². The van der Waals surface area contributed by atoms with Gasteiger partial charge in [-0.25, -0.2) is 0 Å². The van der Waals surface area contributed by atoms with Crippen molar-refractivity contribution in [3.05, 3.63) is 29.8 Å². The lowest BCUT2D eigenvalue weighted by atomic mass is 10.2. The van der Waals surface area contributed by atoms with Gasteiger partial charge in [0.15, 0.2) is 0 Å². The van der Waals surface area contributed by atoms with Crippen molar-refractivity contribution in [2.45, 2.75) is 6.61 Å². The molecule has 0 amide bonds. The van der Waals surface area contributed by atoms with E-state index in [0.29, 0.717) is 11.3 Å². The number of ether oxygens (including phenoxy) is 1. The second-order valence-corrected chi connectivity index (χ2v) is 3.25. The van der Waals surface area contributed by atoms with E-state index >= 15 is 0 Å². The number of benzene rings is 1. The molecular weight excluding hydrogens is 196 g/mol. The minimum atomic E-state index is -0.272. The first-order valence-electron chi connectivity index (χ1n) is 4.76. The van der Waals surface area contributed by atoms with Crippen molar-refractivity contribution >= 4 is 0 Å². The summed E-state index contributed by atoms with van der Waals surface area (Å²) in [6.45, 7) is -0.0485. The Balaban J connectivity index is 2.49. The largest absolute Gasteiger partial charge is 0.493 e. The maximum atomic E-state index is 8.86. The van der Waals surface area contributed by atoms with E-state index in [-0.39, 0.29) is 32.3 Å². The summed E-state index contributed by atoms with van der Waals surface area (Å²) < 4.78 is 5.34. The molecule has 0 spiro atoms. The highest BCUT2D eigenvalue weighted by atomic mass is 16.5. The normalized spacial score (nSPS) is 10.7. The monoisotopic (exact) mass is 211 g/mol. The van der Waals surface area contributed by atoms with Gasteiger partial charge in [0.25, 0.3) is 0 Å². The van der Waals surface area contributed by atoms with Crippen LogP contribution in [0.2, 0.25) is 0 Å². The summed E-state index contributed by atoms with van der Waals surface area (Å²) in [4.78, 5) is 0. The predicted molar refractivity (Wildman–Crippen MR) is 54.4 cm³/mol. The van der Waals surface area contributed by atoms with Gasteiger partial charge in [0.2, 0.25) is 0 Å². The molecule has 0 atom stereocenters. The highest BCUT2D eigenvalue weighted by molar-refractivity contribution is 5.27. The molecule has 1 aromatic carbocycles. The minimum absolute atomic E-state index is 0.0827. The third-order valence-electron chi connectivity index (χ3n) is 2.01. The summed E-state index contributed by atoms with van der Waals surface area (Å²) in [5, 5.41) is 26.5. The maximum absolute atomic E-state index is 8.86. The molecule has 0 aliphatic carbocycles. The molecular formula is C11H15O4. The smallest absolute Gasteiger partial charge is 0.119 e. The van der Waals surface area contributed by atoms with Crippen LogP contribution in [0.5, 0.6) is 5.75 Å². The molecule has 1 radical (unpaired) electrons. The molecule has 0 aliphatic heterocycles. The topological polar surface area (TPSA) is 69.9 Å². The van der Waals surface area contributed by atoms with Crippen LogP contribution < -0.4 is 4.74 Å². The minimum Gasteiger partial charge on any atom is -0.493 e. The summed E-state index contributed by atoms with van der Waals surface area (Å²) in [7, 11) is 0.